The number of Topliss-reactive ketones (excluding diaryl/α,β-unsaturated/α-hetero) is 1. The van der Waals surface area contributed by atoms with Gasteiger partial charge in [-0.3, -0.25) is 14.5 Å². The van der Waals surface area contributed by atoms with Crippen LogP contribution in [0.5, 0.6) is 5.75 Å². The van der Waals surface area contributed by atoms with Gasteiger partial charge in [-0.05, 0) is 43.0 Å². The van der Waals surface area contributed by atoms with Crippen molar-refractivity contribution in [3.05, 3.63) is 86.6 Å². The number of benzene rings is 2. The maximum absolute atomic E-state index is 13.7. The van der Waals surface area contributed by atoms with Gasteiger partial charge in [-0.2, -0.15) is 0 Å². The lowest BCUT2D eigenvalue weighted by molar-refractivity contribution is -0.117. The van der Waals surface area contributed by atoms with E-state index in [1.54, 1.807) is 20.1 Å². The van der Waals surface area contributed by atoms with E-state index < -0.39 is 23.5 Å². The Kier molecular flexibility index (Phi) is 6.08. The third-order valence-corrected chi connectivity index (χ3v) is 7.08. The van der Waals surface area contributed by atoms with Gasteiger partial charge in [0.05, 0.1) is 34.3 Å². The summed E-state index contributed by atoms with van der Waals surface area (Å²) in [4.78, 5) is 33.4. The van der Waals surface area contributed by atoms with Crippen LogP contribution in [-0.4, -0.2) is 28.9 Å². The molecule has 2 aromatic carbocycles. The van der Waals surface area contributed by atoms with Gasteiger partial charge in [0.2, 0.25) is 5.78 Å². The van der Waals surface area contributed by atoms with Crippen molar-refractivity contribution in [1.82, 2.24) is 4.98 Å². The van der Waals surface area contributed by atoms with Gasteiger partial charge in [0.25, 0.3) is 5.91 Å². The van der Waals surface area contributed by atoms with Crippen LogP contribution < -0.4 is 9.64 Å². The summed E-state index contributed by atoms with van der Waals surface area (Å²) in [6, 6.07) is 14.0. The standard InChI is InChI=1S/C27H28N2O4S/c1-15-25(34-16(2)28-15)23(30)21-22(19-9-7-8-10-20(19)33-6)29(26(32)24(21)31)18-13-11-17(12-14-18)27(3,4)5/h7-14,22,31H,1-6H3. The lowest BCUT2D eigenvalue weighted by Gasteiger charge is -2.28. The fraction of sp³-hybridized carbons (Fsp3) is 0.296. The first kappa shape index (κ1) is 23.7. The van der Waals surface area contributed by atoms with E-state index in [1.807, 2.05) is 49.4 Å². The Morgan fingerprint density at radius 3 is 2.29 bits per heavy atom. The zero-order chi connectivity index (χ0) is 24.8. The van der Waals surface area contributed by atoms with E-state index in [4.69, 9.17) is 4.74 Å². The number of anilines is 1. The molecule has 1 aliphatic heterocycles. The molecule has 7 heteroatoms. The average Bonchev–Trinajstić information content (AvgIpc) is 3.28. The number of rotatable bonds is 5. The second kappa shape index (κ2) is 8.72. The van der Waals surface area contributed by atoms with Gasteiger partial charge in [0.1, 0.15) is 5.75 Å². The van der Waals surface area contributed by atoms with Crippen LogP contribution in [-0.2, 0) is 10.2 Å². The van der Waals surface area contributed by atoms with Gasteiger partial charge in [-0.15, -0.1) is 11.3 Å². The second-order valence-electron chi connectivity index (χ2n) is 9.36. The molecule has 0 spiro atoms. The topological polar surface area (TPSA) is 79.7 Å². The molecule has 1 atom stereocenters. The molecule has 0 fully saturated rings. The predicted octanol–water partition coefficient (Wildman–Crippen LogP) is 5.85. The molecule has 4 rings (SSSR count). The Bertz CT molecular complexity index is 1300. The molecule has 1 aliphatic rings. The van der Waals surface area contributed by atoms with E-state index in [0.29, 0.717) is 27.6 Å². The molecule has 6 nitrogen and oxygen atoms in total. The number of hydrogen-bond acceptors (Lipinski definition) is 6. The lowest BCUT2D eigenvalue weighted by atomic mass is 9.87. The first-order valence-electron chi connectivity index (χ1n) is 11.0. The molecule has 2 heterocycles. The maximum atomic E-state index is 13.7. The van der Waals surface area contributed by atoms with Crippen molar-refractivity contribution in [2.45, 2.75) is 46.1 Å². The number of methoxy groups -OCH3 is 1. The monoisotopic (exact) mass is 476 g/mol. The number of nitrogens with zero attached hydrogens (tertiary/aromatic N) is 2. The van der Waals surface area contributed by atoms with Gasteiger partial charge < -0.3 is 9.84 Å². The lowest BCUT2D eigenvalue weighted by Crippen LogP contribution is -2.31. The van der Waals surface area contributed by atoms with E-state index in [0.717, 1.165) is 10.6 Å². The number of aliphatic hydroxyl groups is 1. The van der Waals surface area contributed by atoms with Crippen molar-refractivity contribution in [2.75, 3.05) is 12.0 Å². The van der Waals surface area contributed by atoms with Crippen LogP contribution >= 0.6 is 11.3 Å². The highest BCUT2D eigenvalue weighted by molar-refractivity contribution is 7.14. The van der Waals surface area contributed by atoms with Crippen molar-refractivity contribution in [1.29, 1.82) is 0 Å². The van der Waals surface area contributed by atoms with Crippen molar-refractivity contribution >= 4 is 28.7 Å². The Hall–Kier alpha value is -3.45. The number of aliphatic hydroxyl groups excluding tert-OH is 1. The molecule has 34 heavy (non-hydrogen) atoms. The molecule has 3 aromatic rings. The molecule has 176 valence electrons. The van der Waals surface area contributed by atoms with Crippen LogP contribution in [0, 0.1) is 13.8 Å². The number of carbonyl (C=O) groups is 2. The van der Waals surface area contributed by atoms with Gasteiger partial charge in [0.15, 0.2) is 5.76 Å². The largest absolute Gasteiger partial charge is 0.503 e. The molecule has 1 unspecified atom stereocenters. The van der Waals surface area contributed by atoms with Crippen LogP contribution in [0.25, 0.3) is 0 Å². The smallest absolute Gasteiger partial charge is 0.294 e. The predicted molar refractivity (Wildman–Crippen MR) is 134 cm³/mol. The zero-order valence-electron chi connectivity index (χ0n) is 20.2. The molecule has 0 saturated carbocycles. The number of aryl methyl sites for hydroxylation is 2. The highest BCUT2D eigenvalue weighted by Crippen LogP contribution is 2.45. The van der Waals surface area contributed by atoms with Gasteiger partial charge in [0, 0.05) is 11.3 Å². The minimum absolute atomic E-state index is 0.0288. The number of para-hydroxylation sites is 1. The van der Waals surface area contributed by atoms with Crippen molar-refractivity contribution in [3.63, 3.8) is 0 Å². The summed E-state index contributed by atoms with van der Waals surface area (Å²) in [5.41, 5.74) is 2.86. The Morgan fingerprint density at radius 1 is 1.09 bits per heavy atom. The number of aromatic nitrogens is 1. The normalized spacial score (nSPS) is 16.4. The molecule has 1 aromatic heterocycles. The fourth-order valence-corrected chi connectivity index (χ4v) is 5.15. The summed E-state index contributed by atoms with van der Waals surface area (Å²) in [7, 11) is 1.54. The third kappa shape index (κ3) is 4.01. The molecule has 1 N–H and O–H groups in total. The number of ketones is 1. The summed E-state index contributed by atoms with van der Waals surface area (Å²) in [6.45, 7) is 9.92. The summed E-state index contributed by atoms with van der Waals surface area (Å²) in [6.07, 6.45) is 0. The Balaban J connectivity index is 1.90. The number of carbonyl (C=O) groups excluding carboxylic acids is 2. The molecule has 0 bridgehead atoms. The van der Waals surface area contributed by atoms with E-state index in [2.05, 4.69) is 25.8 Å². The summed E-state index contributed by atoms with van der Waals surface area (Å²) < 4.78 is 5.57. The summed E-state index contributed by atoms with van der Waals surface area (Å²) >= 11 is 1.25. The van der Waals surface area contributed by atoms with Gasteiger partial charge in [-0.25, -0.2) is 4.98 Å². The van der Waals surface area contributed by atoms with E-state index >= 15 is 0 Å². The SMILES string of the molecule is COc1ccccc1C1C(C(=O)c2sc(C)nc2C)=C(O)C(=O)N1c1ccc(C(C)(C)C)cc1. The third-order valence-electron chi connectivity index (χ3n) is 6.01. The van der Waals surface area contributed by atoms with E-state index in [-0.39, 0.29) is 11.0 Å². The van der Waals surface area contributed by atoms with Crippen LogP contribution in [0.1, 0.15) is 58.3 Å². The van der Waals surface area contributed by atoms with Crippen molar-refractivity contribution in [3.8, 4) is 5.75 Å². The molecule has 1 amide bonds. The Labute approximate surface area is 203 Å². The first-order chi connectivity index (χ1) is 16.0. The minimum Gasteiger partial charge on any atom is -0.503 e. The number of amides is 1. The molecule has 0 aliphatic carbocycles. The van der Waals surface area contributed by atoms with Gasteiger partial charge in [-0.1, -0.05) is 51.1 Å². The fourth-order valence-electron chi connectivity index (χ4n) is 4.28. The van der Waals surface area contributed by atoms with Gasteiger partial charge >= 0.3 is 0 Å². The zero-order valence-corrected chi connectivity index (χ0v) is 21.0. The molecule has 0 saturated heterocycles. The quantitative estimate of drug-likeness (QED) is 0.467. The maximum Gasteiger partial charge on any atom is 0.294 e. The number of ether oxygens (including phenoxy) is 1. The average molecular weight is 477 g/mol. The van der Waals surface area contributed by atoms with Crippen LogP contribution in [0.4, 0.5) is 5.69 Å². The molecular formula is C27H28N2O4S. The highest BCUT2D eigenvalue weighted by atomic mass is 32.1. The van der Waals surface area contributed by atoms with Crippen molar-refractivity contribution < 1.29 is 19.4 Å². The van der Waals surface area contributed by atoms with E-state index in [1.165, 1.54) is 16.2 Å². The number of thiazole rings is 1. The Morgan fingerprint density at radius 2 is 1.74 bits per heavy atom. The summed E-state index contributed by atoms with van der Waals surface area (Å²) in [5, 5.41) is 11.8. The molecular weight excluding hydrogens is 448 g/mol. The first-order valence-corrected chi connectivity index (χ1v) is 11.8. The number of hydrogen-bond donors (Lipinski definition) is 1. The van der Waals surface area contributed by atoms with E-state index in [9.17, 15) is 14.7 Å². The second-order valence-corrected chi connectivity index (χ2v) is 10.6. The van der Waals surface area contributed by atoms with Crippen LogP contribution in [0.15, 0.2) is 59.9 Å². The summed E-state index contributed by atoms with van der Waals surface area (Å²) in [5.74, 6) is -1.06. The highest BCUT2D eigenvalue weighted by Gasteiger charge is 2.46. The minimum atomic E-state index is -0.849. The van der Waals surface area contributed by atoms with Crippen LogP contribution in [0.3, 0.4) is 0 Å². The van der Waals surface area contributed by atoms with Crippen molar-refractivity contribution in [2.24, 2.45) is 0 Å². The molecule has 0 radical (unpaired) electrons. The van der Waals surface area contributed by atoms with Crippen LogP contribution in [0.2, 0.25) is 0 Å².